The van der Waals surface area contributed by atoms with Crippen LogP contribution in [0.25, 0.3) is 10.2 Å². The summed E-state index contributed by atoms with van der Waals surface area (Å²) < 4.78 is 5.28. The van der Waals surface area contributed by atoms with Crippen LogP contribution in [0.3, 0.4) is 0 Å². The molecule has 0 saturated carbocycles. The first-order chi connectivity index (χ1) is 9.09. The zero-order chi connectivity index (χ0) is 13.5. The Morgan fingerprint density at radius 3 is 3.32 bits per heavy atom. The molecule has 6 nitrogen and oxygen atoms in total. The molecule has 1 saturated heterocycles. The molecule has 0 aromatic carbocycles. The lowest BCUT2D eigenvalue weighted by molar-refractivity contribution is -0.148. The number of fused-ring (bicyclic) bond motifs is 1. The van der Waals surface area contributed by atoms with Crippen LogP contribution in [0, 0.1) is 5.41 Å². The molecule has 0 spiro atoms. The Kier molecular flexibility index (Phi) is 2.87. The molecule has 7 heteroatoms. The molecule has 2 aromatic rings. The Morgan fingerprint density at radius 2 is 2.53 bits per heavy atom. The number of carbonyl (C=O) groups is 1. The Bertz CT molecular complexity index is 629. The van der Waals surface area contributed by atoms with Crippen molar-refractivity contribution in [2.75, 3.05) is 18.5 Å². The highest BCUT2D eigenvalue weighted by Gasteiger charge is 2.47. The second kappa shape index (κ2) is 4.43. The van der Waals surface area contributed by atoms with Crippen molar-refractivity contribution in [3.8, 4) is 0 Å². The molecule has 0 aliphatic carbocycles. The van der Waals surface area contributed by atoms with Crippen molar-refractivity contribution in [2.45, 2.75) is 13.0 Å². The van der Waals surface area contributed by atoms with E-state index in [9.17, 15) is 9.90 Å². The number of carboxylic acid groups (broad SMARTS) is 1. The molecule has 0 amide bonds. The van der Waals surface area contributed by atoms with Gasteiger partial charge in [-0.3, -0.25) is 4.79 Å². The van der Waals surface area contributed by atoms with Crippen LogP contribution in [0.1, 0.15) is 6.92 Å². The number of hydrogen-bond donors (Lipinski definition) is 2. The second-order valence-electron chi connectivity index (χ2n) is 4.81. The van der Waals surface area contributed by atoms with Gasteiger partial charge in [0.05, 0.1) is 19.3 Å². The maximum absolute atomic E-state index is 11.3. The second-order valence-corrected chi connectivity index (χ2v) is 5.70. The lowest BCUT2D eigenvalue weighted by atomic mass is 9.85. The van der Waals surface area contributed by atoms with Gasteiger partial charge in [-0.2, -0.15) is 0 Å². The van der Waals surface area contributed by atoms with Crippen LogP contribution in [-0.2, 0) is 9.53 Å². The fourth-order valence-electron chi connectivity index (χ4n) is 2.07. The number of nitrogens with zero attached hydrogens (tertiary/aromatic N) is 2. The number of hydrogen-bond acceptors (Lipinski definition) is 6. The largest absolute Gasteiger partial charge is 0.481 e. The van der Waals surface area contributed by atoms with Gasteiger partial charge >= 0.3 is 5.97 Å². The summed E-state index contributed by atoms with van der Waals surface area (Å²) in [6.45, 7) is 2.21. The van der Waals surface area contributed by atoms with Crippen LogP contribution >= 0.6 is 11.3 Å². The first kappa shape index (κ1) is 12.3. The van der Waals surface area contributed by atoms with Crippen LogP contribution in [0.2, 0.25) is 0 Å². The van der Waals surface area contributed by atoms with Gasteiger partial charge in [0.25, 0.3) is 0 Å². The molecule has 19 heavy (non-hydrogen) atoms. The van der Waals surface area contributed by atoms with Crippen molar-refractivity contribution < 1.29 is 14.6 Å². The van der Waals surface area contributed by atoms with Crippen LogP contribution in [-0.4, -0.2) is 40.3 Å². The quantitative estimate of drug-likeness (QED) is 0.887. The van der Waals surface area contributed by atoms with E-state index in [1.165, 1.54) is 11.3 Å². The number of thiophene rings is 1. The number of carboxylic acids is 1. The maximum Gasteiger partial charge on any atom is 0.313 e. The first-order valence-electron chi connectivity index (χ1n) is 5.87. The van der Waals surface area contributed by atoms with Crippen LogP contribution in [0.15, 0.2) is 17.6 Å². The number of nitrogens with one attached hydrogen (secondary N) is 1. The number of ether oxygens (including phenoxy) is 1. The van der Waals surface area contributed by atoms with Gasteiger partial charge in [-0.25, -0.2) is 9.97 Å². The monoisotopic (exact) mass is 279 g/mol. The Balaban J connectivity index is 1.86. The van der Waals surface area contributed by atoms with Gasteiger partial charge in [0, 0.05) is 11.6 Å². The van der Waals surface area contributed by atoms with Crippen molar-refractivity contribution in [1.29, 1.82) is 0 Å². The summed E-state index contributed by atoms with van der Waals surface area (Å²) in [4.78, 5) is 20.8. The Morgan fingerprint density at radius 1 is 1.68 bits per heavy atom. The summed E-state index contributed by atoms with van der Waals surface area (Å²) in [6.07, 6.45) is 1.73. The van der Waals surface area contributed by atoms with Crippen LogP contribution in [0.4, 0.5) is 5.95 Å². The van der Waals surface area contributed by atoms with Gasteiger partial charge in [0.2, 0.25) is 5.95 Å². The highest BCUT2D eigenvalue weighted by atomic mass is 32.1. The lowest BCUT2D eigenvalue weighted by Crippen LogP contribution is -2.43. The fraction of sp³-hybridized carbons (Fsp3) is 0.417. The van der Waals surface area contributed by atoms with Crippen molar-refractivity contribution >= 4 is 33.5 Å². The molecule has 1 fully saturated rings. The predicted octanol–water partition coefficient (Wildman–Crippen LogP) is 1.59. The average Bonchev–Trinajstić information content (AvgIpc) is 2.97. The summed E-state index contributed by atoms with van der Waals surface area (Å²) in [5.74, 6) is -0.433. The maximum atomic E-state index is 11.3. The van der Waals surface area contributed by atoms with Crippen LogP contribution < -0.4 is 5.32 Å². The molecule has 0 bridgehead atoms. The molecule has 1 aliphatic heterocycles. The van der Waals surface area contributed by atoms with E-state index in [1.807, 2.05) is 11.4 Å². The Hall–Kier alpha value is -1.73. The van der Waals surface area contributed by atoms with E-state index in [0.717, 1.165) is 10.2 Å². The summed E-state index contributed by atoms with van der Waals surface area (Å²) in [5, 5.41) is 15.3. The lowest BCUT2D eigenvalue weighted by Gasteiger charge is -2.25. The molecule has 3 rings (SSSR count). The summed E-state index contributed by atoms with van der Waals surface area (Å²) >= 11 is 1.53. The van der Waals surface area contributed by atoms with Gasteiger partial charge in [0.1, 0.15) is 10.2 Å². The molecule has 2 unspecified atom stereocenters. The molecule has 3 heterocycles. The number of rotatable bonds is 3. The van der Waals surface area contributed by atoms with Gasteiger partial charge in [-0.05, 0) is 18.4 Å². The summed E-state index contributed by atoms with van der Waals surface area (Å²) in [7, 11) is 0. The number of anilines is 1. The zero-order valence-electron chi connectivity index (χ0n) is 10.3. The van der Waals surface area contributed by atoms with E-state index in [1.54, 1.807) is 13.1 Å². The van der Waals surface area contributed by atoms with Gasteiger partial charge in [-0.1, -0.05) is 0 Å². The molecule has 2 N–H and O–H groups in total. The van der Waals surface area contributed by atoms with Gasteiger partial charge < -0.3 is 15.2 Å². The smallest absolute Gasteiger partial charge is 0.313 e. The Labute approximate surface area is 113 Å². The third-order valence-corrected chi connectivity index (χ3v) is 4.28. The minimum atomic E-state index is -0.951. The van der Waals surface area contributed by atoms with Crippen molar-refractivity contribution in [3.05, 3.63) is 17.6 Å². The van der Waals surface area contributed by atoms with E-state index in [4.69, 9.17) is 4.74 Å². The molecular formula is C12H13N3O3S. The molecule has 2 atom stereocenters. The standard InChI is InChI=1S/C12H13N3O3S/c1-12(10(16)17)6-18-5-8(12)14-11-13-4-7-2-3-19-9(7)15-11/h2-4,8H,5-6H2,1H3,(H,16,17)(H,13,14,15). The minimum absolute atomic E-state index is 0.196. The first-order valence-corrected chi connectivity index (χ1v) is 6.75. The third kappa shape index (κ3) is 2.04. The molecule has 2 aromatic heterocycles. The minimum Gasteiger partial charge on any atom is -0.481 e. The van der Waals surface area contributed by atoms with E-state index in [-0.39, 0.29) is 12.6 Å². The number of aromatic nitrogens is 2. The summed E-state index contributed by atoms with van der Waals surface area (Å²) in [6, 6.07) is 1.62. The molecule has 0 radical (unpaired) electrons. The van der Waals surface area contributed by atoms with E-state index >= 15 is 0 Å². The highest BCUT2D eigenvalue weighted by Crippen LogP contribution is 2.31. The van der Waals surface area contributed by atoms with E-state index in [0.29, 0.717) is 12.6 Å². The SMILES string of the molecule is CC1(C(=O)O)COCC1Nc1ncc2ccsc2n1. The van der Waals surface area contributed by atoms with Crippen molar-refractivity contribution in [1.82, 2.24) is 9.97 Å². The normalized spacial score (nSPS) is 26.7. The van der Waals surface area contributed by atoms with Crippen molar-refractivity contribution in [3.63, 3.8) is 0 Å². The fourth-order valence-corrected chi connectivity index (χ4v) is 2.81. The van der Waals surface area contributed by atoms with E-state index < -0.39 is 11.4 Å². The zero-order valence-corrected chi connectivity index (χ0v) is 11.1. The average molecular weight is 279 g/mol. The molecule has 100 valence electrons. The topological polar surface area (TPSA) is 84.3 Å². The van der Waals surface area contributed by atoms with Gasteiger partial charge in [-0.15, -0.1) is 11.3 Å². The number of aliphatic carboxylic acids is 1. The van der Waals surface area contributed by atoms with E-state index in [2.05, 4.69) is 15.3 Å². The highest BCUT2D eigenvalue weighted by molar-refractivity contribution is 7.16. The van der Waals surface area contributed by atoms with Crippen LogP contribution in [0.5, 0.6) is 0 Å². The third-order valence-electron chi connectivity index (χ3n) is 3.45. The summed E-state index contributed by atoms with van der Waals surface area (Å²) in [5.41, 5.74) is -0.951. The molecule has 1 aliphatic rings. The van der Waals surface area contributed by atoms with Crippen molar-refractivity contribution in [2.24, 2.45) is 5.41 Å². The molecular weight excluding hydrogens is 266 g/mol. The predicted molar refractivity (Wildman–Crippen MR) is 71.4 cm³/mol. The van der Waals surface area contributed by atoms with Gasteiger partial charge in [0.15, 0.2) is 0 Å².